The summed E-state index contributed by atoms with van der Waals surface area (Å²) in [6.45, 7) is 3.22. The van der Waals surface area contributed by atoms with Crippen molar-refractivity contribution in [3.8, 4) is 11.5 Å². The molecule has 0 aliphatic heterocycles. The molecule has 2 aromatic carbocycles. The predicted octanol–water partition coefficient (Wildman–Crippen LogP) is 5.10. The fourth-order valence-corrected chi connectivity index (χ4v) is 4.81. The number of ether oxygens (including phenoxy) is 2. The zero-order valence-corrected chi connectivity index (χ0v) is 23.5. The van der Waals surface area contributed by atoms with E-state index in [-0.39, 0.29) is 5.91 Å². The van der Waals surface area contributed by atoms with Crippen molar-refractivity contribution in [2.75, 3.05) is 32.7 Å². The minimum Gasteiger partial charge on any atom is -0.493 e. The lowest BCUT2D eigenvalue weighted by molar-refractivity contribution is 0.0951. The number of benzene rings is 2. The van der Waals surface area contributed by atoms with Gasteiger partial charge in [0.05, 0.1) is 14.2 Å². The van der Waals surface area contributed by atoms with Gasteiger partial charge < -0.3 is 19.7 Å². The molecular formula is C30H33N5O3S. The molecule has 0 fully saturated rings. The lowest BCUT2D eigenvalue weighted by atomic mass is 10.1. The number of aryl methyl sites for hydroxylation is 1. The Morgan fingerprint density at radius 3 is 2.49 bits per heavy atom. The van der Waals surface area contributed by atoms with E-state index >= 15 is 0 Å². The molecule has 0 bridgehead atoms. The number of amides is 1. The van der Waals surface area contributed by atoms with E-state index in [1.165, 1.54) is 0 Å². The summed E-state index contributed by atoms with van der Waals surface area (Å²) in [6.07, 6.45) is 4.26. The van der Waals surface area contributed by atoms with Crippen LogP contribution in [0.25, 0.3) is 0 Å². The van der Waals surface area contributed by atoms with Crippen LogP contribution in [0.1, 0.15) is 32.7 Å². The molecule has 2 heterocycles. The summed E-state index contributed by atoms with van der Waals surface area (Å²) in [4.78, 5) is 28.2. The molecule has 1 amide bonds. The summed E-state index contributed by atoms with van der Waals surface area (Å²) in [5.41, 5.74) is 4.73. The quantitative estimate of drug-likeness (QED) is 0.195. The van der Waals surface area contributed by atoms with Gasteiger partial charge in [0, 0.05) is 55.6 Å². The van der Waals surface area contributed by atoms with Crippen LogP contribution >= 0.6 is 11.8 Å². The van der Waals surface area contributed by atoms with Gasteiger partial charge >= 0.3 is 0 Å². The standard InChI is InChI=1S/C30H33N5O3S/c1-21-16-28(35(2)15-12-22-8-9-26(37-3)27(18-22)38-4)34-30(33-21)39-20-24-6-5-7-25(17-24)29(36)32-19-23-10-13-31-14-11-23/h5-11,13-14,16-18H,12,15,19-20H2,1-4H3,(H,32,36). The van der Waals surface area contributed by atoms with Gasteiger partial charge in [-0.05, 0) is 66.4 Å². The molecule has 202 valence electrons. The van der Waals surface area contributed by atoms with E-state index < -0.39 is 0 Å². The van der Waals surface area contributed by atoms with Crippen molar-refractivity contribution in [3.05, 3.63) is 101 Å². The molecule has 0 saturated carbocycles. The smallest absolute Gasteiger partial charge is 0.251 e. The number of hydrogen-bond acceptors (Lipinski definition) is 8. The van der Waals surface area contributed by atoms with Gasteiger partial charge in [-0.15, -0.1) is 0 Å². The van der Waals surface area contributed by atoms with Crippen LogP contribution in [-0.4, -0.2) is 48.7 Å². The summed E-state index contributed by atoms with van der Waals surface area (Å²) < 4.78 is 10.8. The van der Waals surface area contributed by atoms with Crippen molar-refractivity contribution in [2.24, 2.45) is 0 Å². The van der Waals surface area contributed by atoms with Gasteiger partial charge in [0.15, 0.2) is 16.7 Å². The number of carbonyl (C=O) groups excluding carboxylic acids is 1. The van der Waals surface area contributed by atoms with Crippen molar-refractivity contribution in [3.63, 3.8) is 0 Å². The number of anilines is 1. The van der Waals surface area contributed by atoms with E-state index in [1.807, 2.05) is 68.6 Å². The fraction of sp³-hybridized carbons (Fsp3) is 0.267. The lowest BCUT2D eigenvalue weighted by Gasteiger charge is -2.19. The van der Waals surface area contributed by atoms with E-state index in [4.69, 9.17) is 14.5 Å². The van der Waals surface area contributed by atoms with Gasteiger partial charge in [-0.2, -0.15) is 0 Å². The first-order valence-electron chi connectivity index (χ1n) is 12.6. The van der Waals surface area contributed by atoms with Crippen molar-refractivity contribution in [2.45, 2.75) is 30.8 Å². The third kappa shape index (κ3) is 7.94. The second-order valence-corrected chi connectivity index (χ2v) is 9.98. The average Bonchev–Trinajstić information content (AvgIpc) is 2.97. The summed E-state index contributed by atoms with van der Waals surface area (Å²) in [7, 11) is 5.31. The van der Waals surface area contributed by atoms with Crippen molar-refractivity contribution in [1.82, 2.24) is 20.3 Å². The molecule has 0 saturated heterocycles. The number of hydrogen-bond donors (Lipinski definition) is 1. The second-order valence-electron chi connectivity index (χ2n) is 9.04. The molecule has 1 N–H and O–H groups in total. The van der Waals surface area contributed by atoms with Crippen LogP contribution in [0, 0.1) is 6.92 Å². The Balaban J connectivity index is 1.35. The first-order valence-corrected chi connectivity index (χ1v) is 13.6. The molecule has 0 spiro atoms. The van der Waals surface area contributed by atoms with Crippen LogP contribution < -0.4 is 19.7 Å². The highest BCUT2D eigenvalue weighted by Gasteiger charge is 2.11. The Kier molecular flexibility index (Phi) is 9.74. The van der Waals surface area contributed by atoms with E-state index in [1.54, 1.807) is 38.4 Å². The predicted molar refractivity (Wildman–Crippen MR) is 155 cm³/mol. The monoisotopic (exact) mass is 543 g/mol. The maximum Gasteiger partial charge on any atom is 0.251 e. The number of carbonyl (C=O) groups is 1. The van der Waals surface area contributed by atoms with Gasteiger partial charge in [0.25, 0.3) is 5.91 Å². The first-order chi connectivity index (χ1) is 18.9. The number of nitrogens with one attached hydrogen (secondary N) is 1. The highest BCUT2D eigenvalue weighted by atomic mass is 32.2. The third-order valence-corrected chi connectivity index (χ3v) is 7.07. The Morgan fingerprint density at radius 1 is 0.923 bits per heavy atom. The SMILES string of the molecule is COc1ccc(CCN(C)c2cc(C)nc(SCc3cccc(C(=O)NCc4ccncc4)c3)n2)cc1OC. The molecule has 0 atom stereocenters. The maximum absolute atomic E-state index is 12.7. The summed E-state index contributed by atoms with van der Waals surface area (Å²) in [5, 5.41) is 3.67. The molecule has 2 aromatic heterocycles. The van der Waals surface area contributed by atoms with E-state index in [2.05, 4.69) is 26.3 Å². The number of aromatic nitrogens is 3. The Morgan fingerprint density at radius 2 is 1.72 bits per heavy atom. The average molecular weight is 544 g/mol. The highest BCUT2D eigenvalue weighted by molar-refractivity contribution is 7.98. The number of rotatable bonds is 12. The third-order valence-electron chi connectivity index (χ3n) is 6.15. The van der Waals surface area contributed by atoms with Crippen molar-refractivity contribution in [1.29, 1.82) is 0 Å². The van der Waals surface area contributed by atoms with Gasteiger partial charge in [-0.3, -0.25) is 9.78 Å². The minimum absolute atomic E-state index is 0.108. The van der Waals surface area contributed by atoms with Gasteiger partial charge in [-0.25, -0.2) is 9.97 Å². The largest absolute Gasteiger partial charge is 0.493 e. The molecule has 4 aromatic rings. The van der Waals surface area contributed by atoms with Crippen LogP contribution in [0.2, 0.25) is 0 Å². The number of pyridine rings is 1. The van der Waals surface area contributed by atoms with Gasteiger partial charge in [-0.1, -0.05) is 30.0 Å². The Bertz CT molecular complexity index is 1400. The highest BCUT2D eigenvalue weighted by Crippen LogP contribution is 2.28. The fourth-order valence-electron chi connectivity index (χ4n) is 3.97. The van der Waals surface area contributed by atoms with Crippen LogP contribution in [0.3, 0.4) is 0 Å². The van der Waals surface area contributed by atoms with Crippen LogP contribution in [0.5, 0.6) is 11.5 Å². The number of methoxy groups -OCH3 is 2. The number of nitrogens with zero attached hydrogens (tertiary/aromatic N) is 4. The molecule has 9 heteroatoms. The normalized spacial score (nSPS) is 10.7. The van der Waals surface area contributed by atoms with Crippen molar-refractivity contribution < 1.29 is 14.3 Å². The summed E-state index contributed by atoms with van der Waals surface area (Å²) in [5.74, 6) is 2.87. The molecule has 39 heavy (non-hydrogen) atoms. The lowest BCUT2D eigenvalue weighted by Crippen LogP contribution is -2.22. The zero-order valence-electron chi connectivity index (χ0n) is 22.7. The number of thioether (sulfide) groups is 1. The van der Waals surface area contributed by atoms with Crippen LogP contribution in [0.15, 0.2) is 78.2 Å². The van der Waals surface area contributed by atoms with Gasteiger partial charge in [0.1, 0.15) is 5.82 Å². The van der Waals surface area contributed by atoms with Crippen LogP contribution in [-0.2, 0) is 18.7 Å². The van der Waals surface area contributed by atoms with Crippen LogP contribution in [0.4, 0.5) is 5.82 Å². The molecule has 0 aliphatic carbocycles. The van der Waals surface area contributed by atoms with E-state index in [0.717, 1.165) is 52.7 Å². The molecule has 0 unspecified atom stereocenters. The molecule has 8 nitrogen and oxygen atoms in total. The van der Waals surface area contributed by atoms with E-state index in [0.29, 0.717) is 23.0 Å². The molecule has 4 rings (SSSR count). The topological polar surface area (TPSA) is 89.5 Å². The number of likely N-dealkylation sites (N-methyl/N-ethyl adjacent to an activating group) is 1. The van der Waals surface area contributed by atoms with Crippen molar-refractivity contribution >= 4 is 23.5 Å². The zero-order chi connectivity index (χ0) is 27.6. The van der Waals surface area contributed by atoms with Gasteiger partial charge in [0.2, 0.25) is 0 Å². The maximum atomic E-state index is 12.7. The van der Waals surface area contributed by atoms with E-state index in [9.17, 15) is 4.79 Å². The summed E-state index contributed by atoms with van der Waals surface area (Å²) >= 11 is 1.56. The summed E-state index contributed by atoms with van der Waals surface area (Å²) in [6, 6.07) is 19.4. The minimum atomic E-state index is -0.108. The second kappa shape index (κ2) is 13.6. The molecule has 0 radical (unpaired) electrons. The Labute approximate surface area is 233 Å². The Hall–Kier alpha value is -4.11. The molecular weight excluding hydrogens is 510 g/mol. The first kappa shape index (κ1) is 27.9. The molecule has 0 aliphatic rings.